The molecule has 2 aromatic heterocycles. The molecule has 7 nitrogen and oxygen atoms in total. The molecule has 0 aliphatic carbocycles. The number of hydrogen-bond acceptors (Lipinski definition) is 5. The molecule has 0 N–H and O–H groups in total. The summed E-state index contributed by atoms with van der Waals surface area (Å²) >= 11 is 5.95. The van der Waals surface area contributed by atoms with E-state index in [0.717, 1.165) is 0 Å². The quantitative estimate of drug-likeness (QED) is 0.723. The Labute approximate surface area is 107 Å². The Morgan fingerprint density at radius 1 is 1.33 bits per heavy atom. The highest BCUT2D eigenvalue weighted by molar-refractivity contribution is 6.33. The standard InChI is InChI=1S/C10H10ClN5O2/c1-5(17)15(3)10-13-8(11)7-9(14-10)16(4-12-7)6(2)18/h4H,1-3H3. The molecule has 0 atom stereocenters. The van der Waals surface area contributed by atoms with Crippen LogP contribution in [0.25, 0.3) is 11.2 Å². The SMILES string of the molecule is CC(=O)N(C)c1nc(Cl)c2ncn(C(C)=O)c2n1. The Bertz CT molecular complexity index is 651. The smallest absolute Gasteiger partial charge is 0.235 e. The van der Waals surface area contributed by atoms with Crippen molar-refractivity contribution in [3.63, 3.8) is 0 Å². The number of amides is 1. The number of nitrogens with zero attached hydrogens (tertiary/aromatic N) is 5. The third-order valence-corrected chi connectivity index (χ3v) is 2.72. The van der Waals surface area contributed by atoms with Crippen LogP contribution in [0.2, 0.25) is 5.15 Å². The van der Waals surface area contributed by atoms with Gasteiger partial charge in [0, 0.05) is 20.9 Å². The number of hydrogen-bond donors (Lipinski definition) is 0. The van der Waals surface area contributed by atoms with Crippen LogP contribution in [-0.4, -0.2) is 38.4 Å². The van der Waals surface area contributed by atoms with E-state index in [-0.39, 0.29) is 28.6 Å². The molecule has 0 spiro atoms. The maximum absolute atomic E-state index is 11.4. The lowest BCUT2D eigenvalue weighted by Crippen LogP contribution is -2.25. The third-order valence-electron chi connectivity index (χ3n) is 2.45. The van der Waals surface area contributed by atoms with Crippen LogP contribution in [0.1, 0.15) is 18.6 Å². The molecule has 0 aliphatic rings. The van der Waals surface area contributed by atoms with E-state index >= 15 is 0 Å². The lowest BCUT2D eigenvalue weighted by Gasteiger charge is -2.12. The summed E-state index contributed by atoms with van der Waals surface area (Å²) in [6.07, 6.45) is 1.32. The van der Waals surface area contributed by atoms with E-state index in [1.807, 2.05) is 0 Å². The number of halogens is 1. The van der Waals surface area contributed by atoms with Crippen molar-refractivity contribution in [1.29, 1.82) is 0 Å². The summed E-state index contributed by atoms with van der Waals surface area (Å²) in [5.74, 6) is -0.356. The van der Waals surface area contributed by atoms with Crippen LogP contribution in [0.15, 0.2) is 6.33 Å². The van der Waals surface area contributed by atoms with Crippen LogP contribution >= 0.6 is 11.6 Å². The van der Waals surface area contributed by atoms with Gasteiger partial charge in [0.2, 0.25) is 17.8 Å². The second-order valence-corrected chi connectivity index (χ2v) is 4.06. The van der Waals surface area contributed by atoms with Gasteiger partial charge in [-0.2, -0.15) is 9.97 Å². The zero-order valence-corrected chi connectivity index (χ0v) is 10.8. The molecule has 2 heterocycles. The summed E-state index contributed by atoms with van der Waals surface area (Å²) in [4.78, 5) is 35.9. The normalized spacial score (nSPS) is 10.7. The number of carbonyl (C=O) groups excluding carboxylic acids is 2. The minimum Gasteiger partial charge on any atom is -0.284 e. The molecule has 18 heavy (non-hydrogen) atoms. The summed E-state index contributed by atoms with van der Waals surface area (Å²) in [6, 6.07) is 0. The van der Waals surface area contributed by atoms with Gasteiger partial charge in [0.05, 0.1) is 0 Å². The van der Waals surface area contributed by atoms with Crippen molar-refractivity contribution in [2.45, 2.75) is 13.8 Å². The Balaban J connectivity index is 2.69. The molecule has 8 heteroatoms. The van der Waals surface area contributed by atoms with Crippen molar-refractivity contribution in [2.24, 2.45) is 0 Å². The molecule has 0 bridgehead atoms. The van der Waals surface area contributed by atoms with Gasteiger partial charge in [-0.25, -0.2) is 4.98 Å². The molecular weight excluding hydrogens is 258 g/mol. The van der Waals surface area contributed by atoms with E-state index in [1.165, 1.54) is 36.7 Å². The van der Waals surface area contributed by atoms with Gasteiger partial charge >= 0.3 is 0 Å². The van der Waals surface area contributed by atoms with Crippen LogP contribution in [0.4, 0.5) is 5.95 Å². The zero-order chi connectivity index (χ0) is 13.4. The van der Waals surface area contributed by atoms with Crippen LogP contribution in [0.5, 0.6) is 0 Å². The van der Waals surface area contributed by atoms with E-state index in [0.29, 0.717) is 5.52 Å². The first kappa shape index (κ1) is 12.4. The van der Waals surface area contributed by atoms with Crippen LogP contribution in [0.3, 0.4) is 0 Å². The monoisotopic (exact) mass is 267 g/mol. The first-order chi connectivity index (χ1) is 8.41. The van der Waals surface area contributed by atoms with Gasteiger partial charge in [-0.15, -0.1) is 0 Å². The number of imidazole rings is 1. The molecule has 0 radical (unpaired) electrons. The first-order valence-corrected chi connectivity index (χ1v) is 5.45. The summed E-state index contributed by atoms with van der Waals surface area (Å²) in [5, 5.41) is 0.100. The molecule has 0 unspecified atom stereocenters. The predicted octanol–water partition coefficient (Wildman–Crippen LogP) is 1.12. The summed E-state index contributed by atoms with van der Waals surface area (Å²) in [6.45, 7) is 2.76. The Morgan fingerprint density at radius 3 is 2.56 bits per heavy atom. The second-order valence-electron chi connectivity index (χ2n) is 3.70. The molecular formula is C10H10ClN5O2. The van der Waals surface area contributed by atoms with Crippen molar-refractivity contribution in [3.05, 3.63) is 11.5 Å². The number of anilines is 1. The fourth-order valence-corrected chi connectivity index (χ4v) is 1.58. The summed E-state index contributed by atoms with van der Waals surface area (Å²) < 4.78 is 1.25. The van der Waals surface area contributed by atoms with Crippen LogP contribution < -0.4 is 4.90 Å². The predicted molar refractivity (Wildman–Crippen MR) is 65.7 cm³/mol. The van der Waals surface area contributed by atoms with Gasteiger partial charge in [-0.05, 0) is 0 Å². The highest BCUT2D eigenvalue weighted by Crippen LogP contribution is 2.21. The lowest BCUT2D eigenvalue weighted by atomic mass is 10.5. The van der Waals surface area contributed by atoms with E-state index in [9.17, 15) is 9.59 Å². The maximum Gasteiger partial charge on any atom is 0.235 e. The summed E-state index contributed by atoms with van der Waals surface area (Å²) in [7, 11) is 1.52. The molecule has 0 fully saturated rings. The number of carbonyl (C=O) groups is 2. The third kappa shape index (κ3) is 1.92. The minimum absolute atomic E-state index is 0.100. The molecule has 0 saturated heterocycles. The van der Waals surface area contributed by atoms with E-state index < -0.39 is 0 Å². The fraction of sp³-hybridized carbons (Fsp3) is 0.300. The van der Waals surface area contributed by atoms with Gasteiger partial charge in [-0.1, -0.05) is 11.6 Å². The number of rotatable bonds is 1. The van der Waals surface area contributed by atoms with Crippen LogP contribution in [0, 0.1) is 0 Å². The van der Waals surface area contributed by atoms with Gasteiger partial charge < -0.3 is 0 Å². The average molecular weight is 268 g/mol. The number of aromatic nitrogens is 4. The minimum atomic E-state index is -0.247. The molecule has 1 amide bonds. The second kappa shape index (κ2) is 4.34. The molecule has 0 aliphatic heterocycles. The van der Waals surface area contributed by atoms with E-state index in [1.54, 1.807) is 0 Å². The summed E-state index contributed by atoms with van der Waals surface area (Å²) in [5.41, 5.74) is 0.609. The lowest BCUT2D eigenvalue weighted by molar-refractivity contribution is -0.116. The Kier molecular flexibility index (Phi) is 3.00. The largest absolute Gasteiger partial charge is 0.284 e. The van der Waals surface area contributed by atoms with Crippen molar-refractivity contribution in [2.75, 3.05) is 11.9 Å². The van der Waals surface area contributed by atoms with Gasteiger partial charge in [0.15, 0.2) is 10.8 Å². The van der Waals surface area contributed by atoms with Crippen LogP contribution in [-0.2, 0) is 4.79 Å². The van der Waals surface area contributed by atoms with Crippen molar-refractivity contribution >= 4 is 40.5 Å². The average Bonchev–Trinajstić information content (AvgIpc) is 2.71. The van der Waals surface area contributed by atoms with Crippen molar-refractivity contribution < 1.29 is 9.59 Å². The molecule has 0 aromatic carbocycles. The molecule has 2 rings (SSSR count). The van der Waals surface area contributed by atoms with E-state index in [2.05, 4.69) is 15.0 Å². The van der Waals surface area contributed by atoms with Crippen molar-refractivity contribution in [3.8, 4) is 0 Å². The Morgan fingerprint density at radius 2 is 2.00 bits per heavy atom. The molecule has 2 aromatic rings. The Hall–Kier alpha value is -2.02. The zero-order valence-electron chi connectivity index (χ0n) is 10.0. The first-order valence-electron chi connectivity index (χ1n) is 5.07. The fourth-order valence-electron chi connectivity index (χ4n) is 1.38. The molecule has 0 saturated carbocycles. The van der Waals surface area contributed by atoms with Gasteiger partial charge in [0.1, 0.15) is 11.8 Å². The van der Waals surface area contributed by atoms with Gasteiger partial charge in [-0.3, -0.25) is 19.1 Å². The van der Waals surface area contributed by atoms with Gasteiger partial charge in [0.25, 0.3) is 0 Å². The number of fused-ring (bicyclic) bond motifs is 1. The highest BCUT2D eigenvalue weighted by Gasteiger charge is 2.17. The maximum atomic E-state index is 11.4. The van der Waals surface area contributed by atoms with Crippen molar-refractivity contribution in [1.82, 2.24) is 19.5 Å². The molecule has 94 valence electrons. The highest BCUT2D eigenvalue weighted by atomic mass is 35.5. The topological polar surface area (TPSA) is 81.0 Å². The van der Waals surface area contributed by atoms with E-state index in [4.69, 9.17) is 11.6 Å².